The van der Waals surface area contributed by atoms with Gasteiger partial charge in [0.2, 0.25) is 0 Å². The molecule has 0 aliphatic heterocycles. The van der Waals surface area contributed by atoms with Crippen molar-refractivity contribution in [3.05, 3.63) is 102 Å². The zero-order valence-corrected chi connectivity index (χ0v) is 31.6. The molecule has 3 N–H and O–H groups in total. The van der Waals surface area contributed by atoms with Crippen molar-refractivity contribution in [1.29, 1.82) is 5.26 Å². The molecule has 1 atom stereocenters. The van der Waals surface area contributed by atoms with Gasteiger partial charge in [-0.3, -0.25) is 0 Å². The lowest BCUT2D eigenvalue weighted by Crippen LogP contribution is -2.34. The number of thiocarbonyl (C=S) groups is 1. The number of nitrogens with zero attached hydrogens (tertiary/aromatic N) is 3. The number of nitriles is 1. The summed E-state index contributed by atoms with van der Waals surface area (Å²) < 4.78 is 50.9. The van der Waals surface area contributed by atoms with Crippen molar-refractivity contribution in [3.8, 4) is 34.4 Å². The third-order valence-corrected chi connectivity index (χ3v) is 9.84. The average Bonchev–Trinajstić information content (AvgIpc) is 3.49. The molecule has 0 amide bonds. The summed E-state index contributed by atoms with van der Waals surface area (Å²) in [6, 6.07) is 22.0. The predicted molar refractivity (Wildman–Crippen MR) is 207 cm³/mol. The van der Waals surface area contributed by atoms with E-state index >= 15 is 8.78 Å². The number of halogens is 2. The van der Waals surface area contributed by atoms with Crippen LogP contribution in [0.2, 0.25) is 19.1 Å². The van der Waals surface area contributed by atoms with Gasteiger partial charge in [-0.1, -0.05) is 49.5 Å². The molecule has 13 heteroatoms. The number of fused-ring (bicyclic) bond motifs is 1. The van der Waals surface area contributed by atoms with Crippen LogP contribution in [0.15, 0.2) is 79.1 Å². The molecule has 0 radical (unpaired) electrons. The molecule has 2 heterocycles. The third-order valence-electron chi connectivity index (χ3n) is 8.21. The molecule has 0 aliphatic rings. The van der Waals surface area contributed by atoms with Gasteiger partial charge in [0, 0.05) is 70.3 Å². The highest BCUT2D eigenvalue weighted by Crippen LogP contribution is 2.40. The van der Waals surface area contributed by atoms with Gasteiger partial charge in [0.05, 0.1) is 17.1 Å². The minimum absolute atomic E-state index is 0.0585. The van der Waals surface area contributed by atoms with Crippen LogP contribution in [0.5, 0.6) is 17.2 Å². The molecule has 9 nitrogen and oxygen atoms in total. The highest BCUT2D eigenvalue weighted by molar-refractivity contribution is 7.80. The normalized spacial score (nSPS) is 11.8. The first kappa shape index (κ1) is 38.4. The van der Waals surface area contributed by atoms with Crippen LogP contribution in [0, 0.1) is 28.9 Å². The lowest BCUT2D eigenvalue weighted by Gasteiger charge is -2.18. The van der Waals surface area contributed by atoms with E-state index in [1.165, 1.54) is 6.20 Å². The van der Waals surface area contributed by atoms with Crippen LogP contribution in [0.1, 0.15) is 25.0 Å². The topological polar surface area (TPSA) is 114 Å². The van der Waals surface area contributed by atoms with E-state index in [0.29, 0.717) is 53.0 Å². The summed E-state index contributed by atoms with van der Waals surface area (Å²) in [6.07, 6.45) is 3.86. The molecule has 5 rings (SSSR count). The minimum atomic E-state index is -0.948. The zero-order chi connectivity index (χ0) is 37.2. The smallest absolute Gasteiger partial charge is 0.198 e. The molecule has 0 aliphatic carbocycles. The van der Waals surface area contributed by atoms with Gasteiger partial charge >= 0.3 is 0 Å². The summed E-state index contributed by atoms with van der Waals surface area (Å²) in [5.74, 6) is -2.00. The number of nitrogens with one attached hydrogen (secondary N) is 2. The Morgan fingerprint density at radius 1 is 1.06 bits per heavy atom. The van der Waals surface area contributed by atoms with E-state index in [-0.39, 0.29) is 41.9 Å². The number of pyridine rings is 1. The van der Waals surface area contributed by atoms with E-state index in [4.69, 9.17) is 26.4 Å². The van der Waals surface area contributed by atoms with Crippen molar-refractivity contribution in [3.63, 3.8) is 0 Å². The fourth-order valence-corrected chi connectivity index (χ4v) is 6.45. The highest BCUT2D eigenvalue weighted by Gasteiger charge is 2.22. The van der Waals surface area contributed by atoms with E-state index in [9.17, 15) is 10.4 Å². The maximum atomic E-state index is 15.6. The van der Waals surface area contributed by atoms with Crippen molar-refractivity contribution in [1.82, 2.24) is 14.9 Å². The van der Waals surface area contributed by atoms with Gasteiger partial charge in [-0.2, -0.15) is 5.26 Å². The molecule has 0 saturated heterocycles. The van der Waals surface area contributed by atoms with Gasteiger partial charge in [0.1, 0.15) is 29.9 Å². The lowest BCUT2D eigenvalue weighted by atomic mass is 10.0. The molecule has 1 unspecified atom stereocenters. The first-order chi connectivity index (χ1) is 25.1. The monoisotopic (exact) mass is 743 g/mol. The van der Waals surface area contributed by atoms with Crippen molar-refractivity contribution in [2.75, 3.05) is 25.1 Å². The summed E-state index contributed by atoms with van der Waals surface area (Å²) in [4.78, 5) is 4.58. The Morgan fingerprint density at radius 2 is 1.81 bits per heavy atom. The molecule has 2 aromatic heterocycles. The number of aliphatic hydroxyl groups excluding tert-OH is 1. The van der Waals surface area contributed by atoms with E-state index in [1.54, 1.807) is 18.2 Å². The standard InChI is InChI=1S/C39H43F2N5O4SSi/c1-25(2)49-34-11-10-28(17-29(34)20-42)31-22-46(24-48-14-15-52(3)4)38-36(31)35(12-13-43-38)50-37-32(40)18-30(19-33(37)41)45-39(51)44-21-27(23-47)16-26-8-6-5-7-9-26/h5-13,17-19,22,25,27,47,52H,14-16,21,23-24H2,1-4H3,(H2,44,45,51). The molecule has 5 aromatic rings. The number of aromatic nitrogens is 2. The first-order valence-electron chi connectivity index (χ1n) is 17.2. The van der Waals surface area contributed by atoms with Crippen molar-refractivity contribution in [2.24, 2.45) is 5.92 Å². The Morgan fingerprint density at radius 3 is 2.48 bits per heavy atom. The number of benzene rings is 3. The zero-order valence-electron chi connectivity index (χ0n) is 29.7. The molecule has 52 heavy (non-hydrogen) atoms. The van der Waals surface area contributed by atoms with Crippen LogP contribution >= 0.6 is 12.2 Å². The maximum Gasteiger partial charge on any atom is 0.198 e. The van der Waals surface area contributed by atoms with Gasteiger partial charge in [-0.05, 0) is 67.9 Å². The first-order valence-corrected chi connectivity index (χ1v) is 20.7. The Hall–Kier alpha value is -4.87. The van der Waals surface area contributed by atoms with Crippen molar-refractivity contribution >= 4 is 42.8 Å². The molecular weight excluding hydrogens is 701 g/mol. The number of anilines is 1. The number of aliphatic hydroxyl groups is 1. The lowest BCUT2D eigenvalue weighted by molar-refractivity contribution is 0.0903. The van der Waals surface area contributed by atoms with Crippen LogP contribution in [-0.2, 0) is 17.9 Å². The molecule has 0 bridgehead atoms. The predicted octanol–water partition coefficient (Wildman–Crippen LogP) is 8.03. The van der Waals surface area contributed by atoms with Gasteiger partial charge in [-0.25, -0.2) is 13.8 Å². The van der Waals surface area contributed by atoms with E-state index in [0.717, 1.165) is 23.7 Å². The van der Waals surface area contributed by atoms with Crippen LogP contribution in [0.4, 0.5) is 14.5 Å². The summed E-state index contributed by atoms with van der Waals surface area (Å²) in [5, 5.41) is 26.3. The number of rotatable bonds is 16. The van der Waals surface area contributed by atoms with E-state index in [1.807, 2.05) is 61.0 Å². The Labute approximate surface area is 309 Å². The quantitative estimate of drug-likeness (QED) is 0.0525. The van der Waals surface area contributed by atoms with Crippen LogP contribution in [0.3, 0.4) is 0 Å². The second kappa shape index (κ2) is 18.1. The Kier molecular flexibility index (Phi) is 13.3. The molecule has 0 spiro atoms. The number of hydrogen-bond acceptors (Lipinski definition) is 7. The third kappa shape index (κ3) is 9.92. The average molecular weight is 744 g/mol. The van der Waals surface area contributed by atoms with Gasteiger partial charge in [0.15, 0.2) is 22.5 Å². The summed E-state index contributed by atoms with van der Waals surface area (Å²) >= 11 is 5.38. The van der Waals surface area contributed by atoms with E-state index in [2.05, 4.69) is 34.8 Å². The van der Waals surface area contributed by atoms with Crippen molar-refractivity contribution in [2.45, 2.75) is 52.2 Å². The molecule has 3 aromatic carbocycles. The fourth-order valence-electron chi connectivity index (χ4n) is 5.61. The largest absolute Gasteiger partial charge is 0.490 e. The summed E-state index contributed by atoms with van der Waals surface area (Å²) in [7, 11) is -0.814. The maximum absolute atomic E-state index is 15.6. The fraction of sp³-hybridized carbons (Fsp3) is 0.308. The SMILES string of the molecule is CC(C)Oc1ccc(-c2cn(COCC[SiH](C)C)c3nccc(Oc4c(F)cc(NC(=S)NCC(CO)Cc5ccccc5)cc4F)c23)cc1C#N. The molecule has 272 valence electrons. The van der Waals surface area contributed by atoms with Gasteiger partial charge < -0.3 is 34.5 Å². The van der Waals surface area contributed by atoms with Crippen LogP contribution < -0.4 is 20.1 Å². The Balaban J connectivity index is 1.40. The van der Waals surface area contributed by atoms with Gasteiger partial charge in [0.25, 0.3) is 0 Å². The molecular formula is C39H43F2N5O4SSi. The van der Waals surface area contributed by atoms with E-state index < -0.39 is 26.2 Å². The minimum Gasteiger partial charge on any atom is -0.490 e. The second-order valence-electron chi connectivity index (χ2n) is 13.2. The molecule has 0 fully saturated rings. The van der Waals surface area contributed by atoms with Gasteiger partial charge in [-0.15, -0.1) is 0 Å². The summed E-state index contributed by atoms with van der Waals surface area (Å²) in [6.45, 7) is 9.38. The number of ether oxygens (including phenoxy) is 3. The van der Waals surface area contributed by atoms with Crippen LogP contribution in [-0.4, -0.2) is 54.4 Å². The summed E-state index contributed by atoms with van der Waals surface area (Å²) in [5.41, 5.74) is 3.29. The second-order valence-corrected chi connectivity index (χ2v) is 16.9. The molecule has 0 saturated carbocycles. The highest BCUT2D eigenvalue weighted by atomic mass is 32.1. The van der Waals surface area contributed by atoms with Crippen LogP contribution in [0.25, 0.3) is 22.2 Å². The Bertz CT molecular complexity index is 2010. The van der Waals surface area contributed by atoms with Crippen molar-refractivity contribution < 1.29 is 28.1 Å². The number of hydrogen-bond donors (Lipinski definition) is 3.